The SMILES string of the molecule is CC(Cc1ccccc1)(C1=Cc2c(cccc2-c2cc([Si](C)(C)C)cc([Si](C)(C)C)c2)C1)C1=Cc2c(cccc2-c2cc([Si](C)(C)C)cc([Si](C)(C)C)c2)C1. The highest BCUT2D eigenvalue weighted by molar-refractivity contribution is 6.92. The lowest BCUT2D eigenvalue weighted by Crippen LogP contribution is -2.45. The quantitative estimate of drug-likeness (QED) is 0.124. The number of fused-ring (bicyclic) bond motifs is 2. The van der Waals surface area contributed by atoms with Gasteiger partial charge in [0.15, 0.2) is 0 Å². The van der Waals surface area contributed by atoms with Gasteiger partial charge in [-0.25, -0.2) is 0 Å². The molecule has 0 N–H and O–H groups in total. The molecule has 0 aromatic heterocycles. The second-order valence-electron chi connectivity index (χ2n) is 21.0. The highest BCUT2D eigenvalue weighted by Crippen LogP contribution is 2.50. The van der Waals surface area contributed by atoms with E-state index >= 15 is 0 Å². The van der Waals surface area contributed by atoms with Gasteiger partial charge >= 0.3 is 0 Å². The molecule has 5 aromatic rings. The lowest BCUT2D eigenvalue weighted by molar-refractivity contribution is 0.466. The van der Waals surface area contributed by atoms with Crippen LogP contribution in [0.4, 0.5) is 0 Å². The van der Waals surface area contributed by atoms with E-state index < -0.39 is 32.3 Å². The summed E-state index contributed by atoms with van der Waals surface area (Å²) in [5.74, 6) is 0. The van der Waals surface area contributed by atoms with Gasteiger partial charge in [-0.2, -0.15) is 0 Å². The van der Waals surface area contributed by atoms with Crippen LogP contribution in [-0.4, -0.2) is 32.3 Å². The van der Waals surface area contributed by atoms with Gasteiger partial charge in [0.05, 0.1) is 32.3 Å². The molecule has 0 radical (unpaired) electrons. The fourth-order valence-corrected chi connectivity index (χ4v) is 13.7. The van der Waals surface area contributed by atoms with Crippen LogP contribution in [0.5, 0.6) is 0 Å². The van der Waals surface area contributed by atoms with Crippen LogP contribution in [0.3, 0.4) is 0 Å². The zero-order valence-electron chi connectivity index (χ0n) is 36.1. The minimum atomic E-state index is -1.52. The topological polar surface area (TPSA) is 0 Å². The molecular weight excluding hydrogens is 725 g/mol. The average Bonchev–Trinajstić information content (AvgIpc) is 3.76. The largest absolute Gasteiger partial charge is 0.0776 e. The lowest BCUT2D eigenvalue weighted by Gasteiger charge is -2.34. The van der Waals surface area contributed by atoms with Crippen molar-refractivity contribution in [3.63, 3.8) is 0 Å². The normalized spacial score (nSPS) is 14.8. The Morgan fingerprint density at radius 3 is 1.15 bits per heavy atom. The molecule has 284 valence electrons. The molecule has 0 heterocycles. The Balaban J connectivity index is 1.37. The Hall–Kier alpha value is -3.55. The highest BCUT2D eigenvalue weighted by Gasteiger charge is 2.39. The van der Waals surface area contributed by atoms with Gasteiger partial charge < -0.3 is 0 Å². The standard InChI is InChI=1S/C51H64Si4/c1-51(35-36-19-15-14-16-20-36,41-25-37-21-17-23-47(49(37)31-41)39-27-43(52(2,3)4)33-44(28-39)53(5,6)7)42-26-38-22-18-24-48(50(38)32-42)40-29-45(54(8,9)10)34-46(30-40)55(11,12)13/h14-24,27-34H,25-26,35H2,1-13H3. The molecule has 5 aromatic carbocycles. The van der Waals surface area contributed by atoms with Crippen molar-refractivity contribution in [2.75, 3.05) is 0 Å². The van der Waals surface area contributed by atoms with Crippen LogP contribution in [0.25, 0.3) is 34.4 Å². The number of allylic oxidation sites excluding steroid dienone is 2. The van der Waals surface area contributed by atoms with E-state index in [4.69, 9.17) is 0 Å². The minimum Gasteiger partial charge on any atom is -0.0656 e. The van der Waals surface area contributed by atoms with Gasteiger partial charge in [0.25, 0.3) is 0 Å². The molecule has 0 bridgehead atoms. The van der Waals surface area contributed by atoms with Crippen molar-refractivity contribution in [3.8, 4) is 22.3 Å². The van der Waals surface area contributed by atoms with Crippen LogP contribution in [0.1, 0.15) is 34.7 Å². The molecule has 0 unspecified atom stereocenters. The molecule has 0 nitrogen and oxygen atoms in total. The van der Waals surface area contributed by atoms with E-state index in [2.05, 4.69) is 201 Å². The van der Waals surface area contributed by atoms with Crippen LogP contribution >= 0.6 is 0 Å². The molecule has 2 aliphatic carbocycles. The first-order valence-electron chi connectivity index (χ1n) is 20.6. The average molecular weight is 789 g/mol. The maximum Gasteiger partial charge on any atom is 0.0776 e. The van der Waals surface area contributed by atoms with Crippen molar-refractivity contribution in [2.45, 2.75) is 105 Å². The van der Waals surface area contributed by atoms with Crippen LogP contribution in [0.15, 0.2) is 114 Å². The molecule has 0 amide bonds. The van der Waals surface area contributed by atoms with Gasteiger partial charge in [0.2, 0.25) is 0 Å². The molecule has 0 atom stereocenters. The highest BCUT2D eigenvalue weighted by atomic mass is 28.3. The van der Waals surface area contributed by atoms with Gasteiger partial charge in [0.1, 0.15) is 0 Å². The zero-order chi connectivity index (χ0) is 39.7. The Morgan fingerprint density at radius 2 is 0.800 bits per heavy atom. The maximum absolute atomic E-state index is 2.62. The third-order valence-electron chi connectivity index (χ3n) is 12.6. The predicted molar refractivity (Wildman–Crippen MR) is 257 cm³/mol. The monoisotopic (exact) mass is 788 g/mol. The summed E-state index contributed by atoms with van der Waals surface area (Å²) in [4.78, 5) is 0. The number of rotatable bonds is 10. The van der Waals surface area contributed by atoms with E-state index in [9.17, 15) is 0 Å². The fourth-order valence-electron chi connectivity index (χ4n) is 8.68. The lowest BCUT2D eigenvalue weighted by atomic mass is 9.70. The summed E-state index contributed by atoms with van der Waals surface area (Å²) in [5, 5.41) is 6.31. The van der Waals surface area contributed by atoms with E-state index in [1.54, 1.807) is 31.9 Å². The minimum absolute atomic E-state index is 0.124. The summed E-state index contributed by atoms with van der Waals surface area (Å²) < 4.78 is 0. The van der Waals surface area contributed by atoms with Crippen molar-refractivity contribution in [3.05, 3.63) is 142 Å². The molecule has 4 heteroatoms. The number of benzene rings is 5. The molecule has 7 rings (SSSR count). The second-order valence-corrected chi connectivity index (χ2v) is 41.4. The summed E-state index contributed by atoms with van der Waals surface area (Å²) in [5.41, 5.74) is 15.8. The molecule has 0 saturated heterocycles. The third-order valence-corrected chi connectivity index (χ3v) is 20.6. The van der Waals surface area contributed by atoms with Gasteiger partial charge in [-0.1, -0.05) is 233 Å². The Morgan fingerprint density at radius 1 is 0.436 bits per heavy atom. The summed E-state index contributed by atoms with van der Waals surface area (Å²) in [7, 11) is -6.08. The van der Waals surface area contributed by atoms with Crippen molar-refractivity contribution >= 4 is 65.2 Å². The van der Waals surface area contributed by atoms with Gasteiger partial charge in [-0.15, -0.1) is 0 Å². The summed E-state index contributed by atoms with van der Waals surface area (Å²) >= 11 is 0. The smallest absolute Gasteiger partial charge is 0.0656 e. The van der Waals surface area contributed by atoms with Crippen molar-refractivity contribution < 1.29 is 0 Å². The zero-order valence-corrected chi connectivity index (χ0v) is 40.1. The molecule has 2 aliphatic rings. The molecule has 0 fully saturated rings. The van der Waals surface area contributed by atoms with E-state index in [1.807, 2.05) is 0 Å². The predicted octanol–water partition coefficient (Wildman–Crippen LogP) is 12.0. The summed E-state index contributed by atoms with van der Waals surface area (Å²) in [6.45, 7) is 32.5. The number of hydrogen-bond acceptors (Lipinski definition) is 0. The van der Waals surface area contributed by atoms with E-state index in [-0.39, 0.29) is 5.41 Å². The van der Waals surface area contributed by atoms with E-state index in [0.717, 1.165) is 19.3 Å². The van der Waals surface area contributed by atoms with Crippen molar-refractivity contribution in [2.24, 2.45) is 5.41 Å². The second kappa shape index (κ2) is 14.1. The van der Waals surface area contributed by atoms with Gasteiger partial charge in [0, 0.05) is 5.41 Å². The summed E-state index contributed by atoms with van der Waals surface area (Å²) in [6.07, 6.45) is 8.23. The maximum atomic E-state index is 2.62. The van der Waals surface area contributed by atoms with Crippen molar-refractivity contribution in [1.29, 1.82) is 0 Å². The molecule has 0 aliphatic heterocycles. The van der Waals surface area contributed by atoms with Crippen LogP contribution in [0, 0.1) is 5.41 Å². The Bertz CT molecular complexity index is 2120. The Labute approximate surface area is 337 Å². The fraction of sp³-hybridized carbons (Fsp3) is 0.333. The first kappa shape index (κ1) is 39.7. The molecule has 0 spiro atoms. The van der Waals surface area contributed by atoms with Crippen LogP contribution in [-0.2, 0) is 19.3 Å². The molecular formula is C51H64Si4. The first-order chi connectivity index (χ1) is 25.6. The third kappa shape index (κ3) is 8.03. The van der Waals surface area contributed by atoms with Crippen LogP contribution in [0.2, 0.25) is 78.6 Å². The molecule has 55 heavy (non-hydrogen) atoms. The first-order valence-corrected chi connectivity index (χ1v) is 34.6. The van der Waals surface area contributed by atoms with Crippen LogP contribution < -0.4 is 20.7 Å². The molecule has 0 saturated carbocycles. The van der Waals surface area contributed by atoms with Gasteiger partial charge in [-0.3, -0.25) is 0 Å². The van der Waals surface area contributed by atoms with Gasteiger partial charge in [-0.05, 0) is 69.3 Å². The van der Waals surface area contributed by atoms with E-state index in [0.29, 0.717) is 0 Å². The van der Waals surface area contributed by atoms with Crippen molar-refractivity contribution in [1.82, 2.24) is 0 Å². The Kier molecular flexibility index (Phi) is 10.2. The van der Waals surface area contributed by atoms with E-state index in [1.165, 1.54) is 50.1 Å². The number of hydrogen-bond donors (Lipinski definition) is 0. The summed E-state index contributed by atoms with van der Waals surface area (Å²) in [6, 6.07) is 40.8.